The largest absolute Gasteiger partial charge is 0.354 e. The molecule has 2 aromatic rings. The van der Waals surface area contributed by atoms with Gasteiger partial charge in [0, 0.05) is 13.1 Å². The third kappa shape index (κ3) is 7.58. The number of amides is 2. The van der Waals surface area contributed by atoms with Crippen LogP contribution in [-0.2, 0) is 26.2 Å². The number of hydrogen-bond acceptors (Lipinski definition) is 4. The molecule has 0 heterocycles. The van der Waals surface area contributed by atoms with Gasteiger partial charge >= 0.3 is 0 Å². The van der Waals surface area contributed by atoms with E-state index in [-0.39, 0.29) is 19.0 Å². The normalized spacial score (nSPS) is 12.1. The van der Waals surface area contributed by atoms with Crippen LogP contribution in [0.2, 0.25) is 0 Å². The summed E-state index contributed by atoms with van der Waals surface area (Å²) in [6.07, 6.45) is 3.30. The summed E-state index contributed by atoms with van der Waals surface area (Å²) in [5, 5.41) is 2.93. The zero-order valence-electron chi connectivity index (χ0n) is 20.9. The molecule has 0 saturated carbocycles. The fourth-order valence-electron chi connectivity index (χ4n) is 3.72. The molecule has 34 heavy (non-hydrogen) atoms. The molecule has 0 spiro atoms. The first-order chi connectivity index (χ1) is 16.1. The number of carbonyl (C=O) groups is 2. The van der Waals surface area contributed by atoms with Gasteiger partial charge in [-0.15, -0.1) is 0 Å². The van der Waals surface area contributed by atoms with Crippen LogP contribution in [0.1, 0.15) is 49.8 Å². The molecule has 7 nitrogen and oxygen atoms in total. The Balaban J connectivity index is 2.40. The Morgan fingerprint density at radius 1 is 1.00 bits per heavy atom. The smallest absolute Gasteiger partial charge is 0.244 e. The molecule has 2 amide bonds. The second kappa shape index (κ2) is 12.6. The van der Waals surface area contributed by atoms with Crippen LogP contribution in [0.3, 0.4) is 0 Å². The second-order valence-electron chi connectivity index (χ2n) is 8.62. The van der Waals surface area contributed by atoms with E-state index in [4.69, 9.17) is 0 Å². The van der Waals surface area contributed by atoms with Crippen molar-refractivity contribution in [2.24, 2.45) is 0 Å². The highest BCUT2D eigenvalue weighted by atomic mass is 32.2. The van der Waals surface area contributed by atoms with Gasteiger partial charge in [0.2, 0.25) is 21.8 Å². The van der Waals surface area contributed by atoms with E-state index in [1.54, 1.807) is 24.3 Å². The van der Waals surface area contributed by atoms with Crippen molar-refractivity contribution in [3.05, 3.63) is 65.2 Å². The van der Waals surface area contributed by atoms with Crippen LogP contribution in [0.4, 0.5) is 5.69 Å². The Morgan fingerprint density at radius 3 is 2.21 bits per heavy atom. The summed E-state index contributed by atoms with van der Waals surface area (Å²) in [7, 11) is -3.73. The molecule has 0 fully saturated rings. The first kappa shape index (κ1) is 27.4. The average Bonchev–Trinajstić information content (AvgIpc) is 2.78. The Morgan fingerprint density at radius 2 is 1.65 bits per heavy atom. The number of nitrogens with one attached hydrogen (secondary N) is 1. The number of carbonyl (C=O) groups excluding carboxylic acids is 2. The Bertz CT molecular complexity index is 1070. The number of aryl methyl sites for hydroxylation is 2. The van der Waals surface area contributed by atoms with E-state index in [0.29, 0.717) is 18.7 Å². The highest BCUT2D eigenvalue weighted by Gasteiger charge is 2.31. The molecule has 2 rings (SSSR count). The summed E-state index contributed by atoms with van der Waals surface area (Å²) in [4.78, 5) is 28.2. The van der Waals surface area contributed by atoms with Gasteiger partial charge in [-0.1, -0.05) is 62.2 Å². The molecule has 0 saturated heterocycles. The van der Waals surface area contributed by atoms with Crippen molar-refractivity contribution >= 4 is 27.5 Å². The standard InChI is InChI=1S/C26H37N3O4S/c1-6-8-17-27-26(31)24(7-2)28(18-22-12-10-9-11-21(22)4)25(30)19-29(34(5,32)33)23-15-13-20(3)14-16-23/h9-16,24H,6-8,17-19H2,1-5H3,(H,27,31)/t24-/m1/s1. The SMILES string of the molecule is CCCCNC(=O)[C@@H](CC)N(Cc1ccccc1C)C(=O)CN(c1ccc(C)cc1)S(C)(=O)=O. The number of benzene rings is 2. The maximum atomic E-state index is 13.6. The summed E-state index contributed by atoms with van der Waals surface area (Å²) in [5.74, 6) is -0.647. The van der Waals surface area contributed by atoms with Crippen LogP contribution in [-0.4, -0.2) is 50.5 Å². The molecule has 0 aromatic heterocycles. The topological polar surface area (TPSA) is 86.8 Å². The van der Waals surface area contributed by atoms with Crippen molar-refractivity contribution in [3.63, 3.8) is 0 Å². The Hall–Kier alpha value is -2.87. The number of sulfonamides is 1. The van der Waals surface area contributed by atoms with E-state index in [2.05, 4.69) is 5.32 Å². The van der Waals surface area contributed by atoms with E-state index in [9.17, 15) is 18.0 Å². The summed E-state index contributed by atoms with van der Waals surface area (Å²) in [5.41, 5.74) is 3.31. The minimum Gasteiger partial charge on any atom is -0.354 e. The number of nitrogens with zero attached hydrogens (tertiary/aromatic N) is 2. The molecule has 2 aromatic carbocycles. The summed E-state index contributed by atoms with van der Waals surface area (Å²) >= 11 is 0. The highest BCUT2D eigenvalue weighted by molar-refractivity contribution is 7.92. The summed E-state index contributed by atoms with van der Waals surface area (Å²) in [6, 6.07) is 14.0. The van der Waals surface area contributed by atoms with Crippen LogP contribution in [0.15, 0.2) is 48.5 Å². The minimum absolute atomic E-state index is 0.219. The van der Waals surface area contributed by atoms with Crippen molar-refractivity contribution in [1.82, 2.24) is 10.2 Å². The quantitative estimate of drug-likeness (QED) is 0.462. The number of rotatable bonds is 12. The lowest BCUT2D eigenvalue weighted by Crippen LogP contribution is -2.52. The van der Waals surface area contributed by atoms with Gasteiger partial charge < -0.3 is 10.2 Å². The van der Waals surface area contributed by atoms with Crippen LogP contribution in [0.25, 0.3) is 0 Å². The van der Waals surface area contributed by atoms with Gasteiger partial charge in [0.25, 0.3) is 0 Å². The summed E-state index contributed by atoms with van der Waals surface area (Å²) in [6.45, 7) is 8.14. The molecule has 0 radical (unpaired) electrons. The van der Waals surface area contributed by atoms with E-state index >= 15 is 0 Å². The first-order valence-corrected chi connectivity index (χ1v) is 13.6. The molecular formula is C26H37N3O4S. The van der Waals surface area contributed by atoms with Gasteiger partial charge in [0.15, 0.2) is 0 Å². The molecule has 1 atom stereocenters. The number of unbranched alkanes of at least 4 members (excludes halogenated alkanes) is 1. The maximum Gasteiger partial charge on any atom is 0.244 e. The average molecular weight is 488 g/mol. The maximum absolute atomic E-state index is 13.6. The van der Waals surface area contributed by atoms with Crippen molar-refractivity contribution in [1.29, 1.82) is 0 Å². The van der Waals surface area contributed by atoms with Gasteiger partial charge in [0.1, 0.15) is 12.6 Å². The molecule has 1 N–H and O–H groups in total. The molecule has 0 aliphatic rings. The fourth-order valence-corrected chi connectivity index (χ4v) is 4.57. The highest BCUT2D eigenvalue weighted by Crippen LogP contribution is 2.21. The van der Waals surface area contributed by atoms with Crippen LogP contribution >= 0.6 is 0 Å². The second-order valence-corrected chi connectivity index (χ2v) is 10.5. The lowest BCUT2D eigenvalue weighted by Gasteiger charge is -2.33. The van der Waals surface area contributed by atoms with E-state index < -0.39 is 22.0 Å². The van der Waals surface area contributed by atoms with Crippen molar-refractivity contribution in [2.45, 2.75) is 59.5 Å². The van der Waals surface area contributed by atoms with Crippen LogP contribution in [0.5, 0.6) is 0 Å². The fraction of sp³-hybridized carbons (Fsp3) is 0.462. The molecule has 8 heteroatoms. The third-order valence-electron chi connectivity index (χ3n) is 5.82. The molecule has 0 aliphatic heterocycles. The zero-order chi connectivity index (χ0) is 25.3. The van der Waals surface area contributed by atoms with Gasteiger partial charge in [-0.3, -0.25) is 13.9 Å². The predicted molar refractivity (Wildman–Crippen MR) is 137 cm³/mol. The van der Waals surface area contributed by atoms with Crippen LogP contribution in [0, 0.1) is 13.8 Å². The first-order valence-electron chi connectivity index (χ1n) is 11.7. The van der Waals surface area contributed by atoms with E-state index in [1.807, 2.05) is 52.0 Å². The van der Waals surface area contributed by atoms with Crippen LogP contribution < -0.4 is 9.62 Å². The molecular weight excluding hydrogens is 450 g/mol. The predicted octanol–water partition coefficient (Wildman–Crippen LogP) is 3.79. The molecule has 0 unspecified atom stereocenters. The third-order valence-corrected chi connectivity index (χ3v) is 6.96. The number of hydrogen-bond donors (Lipinski definition) is 1. The van der Waals surface area contributed by atoms with Gasteiger partial charge in [-0.05, 0) is 49.9 Å². The lowest BCUT2D eigenvalue weighted by atomic mass is 10.1. The minimum atomic E-state index is -3.73. The molecule has 0 bridgehead atoms. The van der Waals surface area contributed by atoms with E-state index in [0.717, 1.165) is 40.1 Å². The van der Waals surface area contributed by atoms with Gasteiger partial charge in [-0.25, -0.2) is 8.42 Å². The molecule has 186 valence electrons. The lowest BCUT2D eigenvalue weighted by molar-refractivity contribution is -0.140. The number of anilines is 1. The Labute approximate surface area is 204 Å². The van der Waals surface area contributed by atoms with Crippen molar-refractivity contribution in [3.8, 4) is 0 Å². The summed E-state index contributed by atoms with van der Waals surface area (Å²) < 4.78 is 26.3. The van der Waals surface area contributed by atoms with Crippen molar-refractivity contribution < 1.29 is 18.0 Å². The zero-order valence-corrected chi connectivity index (χ0v) is 21.7. The van der Waals surface area contributed by atoms with E-state index in [1.165, 1.54) is 4.90 Å². The van der Waals surface area contributed by atoms with Crippen molar-refractivity contribution in [2.75, 3.05) is 23.7 Å². The molecule has 0 aliphatic carbocycles. The Kier molecular flexibility index (Phi) is 10.1. The monoisotopic (exact) mass is 487 g/mol. The van der Waals surface area contributed by atoms with Gasteiger partial charge in [-0.2, -0.15) is 0 Å². The van der Waals surface area contributed by atoms with Gasteiger partial charge in [0.05, 0.1) is 11.9 Å².